The van der Waals surface area contributed by atoms with Crippen molar-refractivity contribution < 1.29 is 19.1 Å². The summed E-state index contributed by atoms with van der Waals surface area (Å²) in [4.78, 5) is 26.1. The lowest BCUT2D eigenvalue weighted by atomic mass is 10.1. The Hall–Kier alpha value is -3.92. The fraction of sp³-hybridized carbons (Fsp3) is 0.185. The zero-order chi connectivity index (χ0) is 26.2. The summed E-state index contributed by atoms with van der Waals surface area (Å²) in [5, 5.41) is 21.9. The molecule has 1 heterocycles. The van der Waals surface area contributed by atoms with E-state index in [0.29, 0.717) is 31.9 Å². The van der Waals surface area contributed by atoms with Gasteiger partial charge >= 0.3 is 5.97 Å². The lowest BCUT2D eigenvalue weighted by Crippen LogP contribution is -2.16. The zero-order valence-electron chi connectivity index (χ0n) is 19.8. The molecule has 0 spiro atoms. The molecule has 182 valence electrons. The van der Waals surface area contributed by atoms with Gasteiger partial charge in [-0.05, 0) is 72.1 Å². The lowest BCUT2D eigenvalue weighted by molar-refractivity contribution is -0.112. The van der Waals surface area contributed by atoms with Gasteiger partial charge in [-0.25, -0.2) is 4.79 Å². The highest BCUT2D eigenvalue weighted by Gasteiger charge is 2.23. The first kappa shape index (κ1) is 26.7. The second-order valence-corrected chi connectivity index (χ2v) is 9.66. The first-order valence-corrected chi connectivity index (χ1v) is 12.5. The summed E-state index contributed by atoms with van der Waals surface area (Å²) >= 11 is 4.71. The van der Waals surface area contributed by atoms with Crippen molar-refractivity contribution in [2.24, 2.45) is 0 Å². The van der Waals surface area contributed by atoms with Crippen molar-refractivity contribution in [3.05, 3.63) is 85.2 Å². The Kier molecular flexibility index (Phi) is 9.02. The van der Waals surface area contributed by atoms with Crippen molar-refractivity contribution in [1.82, 2.24) is 0 Å². The van der Waals surface area contributed by atoms with Crippen LogP contribution < -0.4 is 10.1 Å². The van der Waals surface area contributed by atoms with Gasteiger partial charge < -0.3 is 14.8 Å². The fourth-order valence-corrected chi connectivity index (χ4v) is 4.84. The van der Waals surface area contributed by atoms with Crippen molar-refractivity contribution in [3.8, 4) is 17.9 Å². The molecule has 3 rings (SSSR count). The van der Waals surface area contributed by atoms with Crippen molar-refractivity contribution in [3.63, 3.8) is 0 Å². The standard InChI is InChI=1S/C27H22BrN3O4S/c1-4-34-27(33)24-16(2)17(3)36-26(24)31-25(32)21(14-30)11-18-9-10-23(22(28)12-18)35-15-20-8-6-5-7-19(20)13-29/h5-12H,4,15H2,1-3H3,(H,31,32)/b21-11+. The van der Waals surface area contributed by atoms with E-state index in [1.165, 1.54) is 17.4 Å². The summed E-state index contributed by atoms with van der Waals surface area (Å²) in [6.45, 7) is 5.77. The minimum absolute atomic E-state index is 0.128. The molecule has 0 unspecified atom stereocenters. The zero-order valence-corrected chi connectivity index (χ0v) is 22.2. The van der Waals surface area contributed by atoms with Crippen molar-refractivity contribution >= 4 is 50.2 Å². The summed E-state index contributed by atoms with van der Waals surface area (Å²) < 4.78 is 11.6. The molecule has 0 saturated carbocycles. The number of nitrogens with one attached hydrogen (secondary N) is 1. The van der Waals surface area contributed by atoms with Crippen molar-refractivity contribution in [2.75, 3.05) is 11.9 Å². The molecule has 0 saturated heterocycles. The van der Waals surface area contributed by atoms with Crippen LogP contribution in [0.3, 0.4) is 0 Å². The molecule has 1 N–H and O–H groups in total. The van der Waals surface area contributed by atoms with Crippen LogP contribution in [0.25, 0.3) is 6.08 Å². The highest BCUT2D eigenvalue weighted by Crippen LogP contribution is 2.33. The highest BCUT2D eigenvalue weighted by molar-refractivity contribution is 9.10. The van der Waals surface area contributed by atoms with Gasteiger partial charge in [0.05, 0.1) is 28.3 Å². The van der Waals surface area contributed by atoms with Crippen LogP contribution in [0.1, 0.15) is 44.4 Å². The second-order valence-electron chi connectivity index (χ2n) is 7.58. The van der Waals surface area contributed by atoms with Gasteiger partial charge in [-0.2, -0.15) is 10.5 Å². The molecule has 36 heavy (non-hydrogen) atoms. The van der Waals surface area contributed by atoms with E-state index in [4.69, 9.17) is 9.47 Å². The molecule has 9 heteroatoms. The third-order valence-corrected chi connectivity index (χ3v) is 6.99. The van der Waals surface area contributed by atoms with E-state index in [1.54, 1.807) is 44.2 Å². The molecular formula is C27H22BrN3O4S. The molecule has 0 fully saturated rings. The lowest BCUT2D eigenvalue weighted by Gasteiger charge is -2.10. The molecular weight excluding hydrogens is 542 g/mol. The Balaban J connectivity index is 1.78. The summed E-state index contributed by atoms with van der Waals surface area (Å²) in [7, 11) is 0. The Morgan fingerprint density at radius 1 is 1.17 bits per heavy atom. The number of amides is 1. The molecule has 0 aliphatic heterocycles. The molecule has 1 aromatic heterocycles. The number of nitriles is 2. The van der Waals surface area contributed by atoms with E-state index < -0.39 is 11.9 Å². The number of thiophene rings is 1. The van der Waals surface area contributed by atoms with E-state index in [-0.39, 0.29) is 18.8 Å². The largest absolute Gasteiger partial charge is 0.488 e. The van der Waals surface area contributed by atoms with Crippen LogP contribution in [-0.4, -0.2) is 18.5 Å². The third-order valence-electron chi connectivity index (χ3n) is 5.24. The first-order valence-electron chi connectivity index (χ1n) is 10.9. The van der Waals surface area contributed by atoms with Gasteiger partial charge in [-0.1, -0.05) is 24.3 Å². The first-order chi connectivity index (χ1) is 17.3. The van der Waals surface area contributed by atoms with Crippen LogP contribution in [0.2, 0.25) is 0 Å². The molecule has 0 aliphatic rings. The number of carbonyl (C=O) groups is 2. The SMILES string of the molecule is CCOC(=O)c1c(NC(=O)/C(C#N)=C/c2ccc(OCc3ccccc3C#N)c(Br)c2)sc(C)c1C. The molecule has 0 aliphatic carbocycles. The molecule has 0 bridgehead atoms. The maximum atomic E-state index is 12.9. The van der Waals surface area contributed by atoms with Gasteiger partial charge in [0.1, 0.15) is 29.0 Å². The number of carbonyl (C=O) groups excluding carboxylic acids is 2. The number of aryl methyl sites for hydroxylation is 1. The summed E-state index contributed by atoms with van der Waals surface area (Å²) in [5.41, 5.74) is 2.81. The van der Waals surface area contributed by atoms with E-state index in [9.17, 15) is 20.1 Å². The predicted molar refractivity (Wildman–Crippen MR) is 142 cm³/mol. The number of hydrogen-bond donors (Lipinski definition) is 1. The number of rotatable bonds is 8. The normalized spacial score (nSPS) is 10.8. The number of hydrogen-bond acceptors (Lipinski definition) is 7. The Morgan fingerprint density at radius 3 is 2.58 bits per heavy atom. The van der Waals surface area contributed by atoms with Gasteiger partial charge in [0.25, 0.3) is 5.91 Å². The average molecular weight is 564 g/mol. The Labute approximate surface area is 221 Å². The fourth-order valence-electron chi connectivity index (χ4n) is 3.28. The maximum absolute atomic E-state index is 12.9. The van der Waals surface area contributed by atoms with Crippen LogP contribution >= 0.6 is 27.3 Å². The molecule has 1 amide bonds. The minimum atomic E-state index is -0.631. The third kappa shape index (κ3) is 6.19. The number of benzene rings is 2. The van der Waals surface area contributed by atoms with Gasteiger partial charge in [0, 0.05) is 10.4 Å². The van der Waals surface area contributed by atoms with E-state index >= 15 is 0 Å². The van der Waals surface area contributed by atoms with Crippen LogP contribution in [0, 0.1) is 36.5 Å². The second kappa shape index (κ2) is 12.2. The van der Waals surface area contributed by atoms with E-state index in [0.717, 1.165) is 16.0 Å². The smallest absolute Gasteiger partial charge is 0.341 e. The number of ether oxygens (including phenoxy) is 2. The van der Waals surface area contributed by atoms with Crippen LogP contribution in [0.5, 0.6) is 5.75 Å². The van der Waals surface area contributed by atoms with Crippen LogP contribution in [-0.2, 0) is 16.1 Å². The minimum Gasteiger partial charge on any atom is -0.488 e. The summed E-state index contributed by atoms with van der Waals surface area (Å²) in [6.07, 6.45) is 1.45. The maximum Gasteiger partial charge on any atom is 0.341 e. The molecule has 2 aromatic carbocycles. The van der Waals surface area contributed by atoms with Crippen LogP contribution in [0.15, 0.2) is 52.5 Å². The number of esters is 1. The van der Waals surface area contributed by atoms with E-state index in [1.807, 2.05) is 25.1 Å². The average Bonchev–Trinajstić information content (AvgIpc) is 3.14. The predicted octanol–water partition coefficient (Wildman–Crippen LogP) is 6.30. The molecule has 0 atom stereocenters. The highest BCUT2D eigenvalue weighted by atomic mass is 79.9. The molecule has 0 radical (unpaired) electrons. The van der Waals surface area contributed by atoms with Crippen molar-refractivity contribution in [1.29, 1.82) is 10.5 Å². The van der Waals surface area contributed by atoms with Crippen LogP contribution in [0.4, 0.5) is 5.00 Å². The monoisotopic (exact) mass is 563 g/mol. The topological polar surface area (TPSA) is 112 Å². The van der Waals surface area contributed by atoms with Gasteiger partial charge in [0.2, 0.25) is 0 Å². The number of anilines is 1. The Morgan fingerprint density at radius 2 is 1.92 bits per heavy atom. The molecule has 3 aromatic rings. The summed E-state index contributed by atoms with van der Waals surface area (Å²) in [5.74, 6) is -0.602. The Bertz CT molecular complexity index is 1430. The molecule has 7 nitrogen and oxygen atoms in total. The van der Waals surface area contributed by atoms with Crippen molar-refractivity contribution in [2.45, 2.75) is 27.4 Å². The van der Waals surface area contributed by atoms with Gasteiger partial charge in [-0.15, -0.1) is 11.3 Å². The summed E-state index contributed by atoms with van der Waals surface area (Å²) in [6, 6.07) is 16.4. The number of halogens is 1. The van der Waals surface area contributed by atoms with E-state index in [2.05, 4.69) is 27.3 Å². The van der Waals surface area contributed by atoms with Gasteiger partial charge in [0.15, 0.2) is 0 Å². The quantitative estimate of drug-likeness (QED) is 0.195. The van der Waals surface area contributed by atoms with Gasteiger partial charge in [-0.3, -0.25) is 4.79 Å². The number of nitrogens with zero attached hydrogens (tertiary/aromatic N) is 2.